The van der Waals surface area contributed by atoms with Crippen molar-refractivity contribution in [2.75, 3.05) is 0 Å². The molecule has 0 saturated carbocycles. The Balaban J connectivity index is 2.82. The SMILES string of the molecule is C[C@@H](O)C(O)c1ccc(Cl)cc1. The minimum absolute atomic E-state index is 0.622. The van der Waals surface area contributed by atoms with E-state index in [0.717, 1.165) is 0 Å². The molecule has 0 amide bonds. The average Bonchev–Trinajstić information content (AvgIpc) is 2.04. The molecule has 0 heterocycles. The van der Waals surface area contributed by atoms with Crippen LogP contribution in [-0.4, -0.2) is 16.3 Å². The van der Waals surface area contributed by atoms with Gasteiger partial charge in [0.2, 0.25) is 0 Å². The fraction of sp³-hybridized carbons (Fsp3) is 0.333. The molecule has 2 N–H and O–H groups in total. The molecule has 1 aromatic rings. The zero-order valence-electron chi connectivity index (χ0n) is 6.74. The van der Waals surface area contributed by atoms with E-state index in [4.69, 9.17) is 16.7 Å². The predicted octanol–water partition coefficient (Wildman–Crippen LogP) is 1.75. The van der Waals surface area contributed by atoms with E-state index in [9.17, 15) is 5.11 Å². The third-order valence-electron chi connectivity index (χ3n) is 1.67. The van der Waals surface area contributed by atoms with E-state index in [1.807, 2.05) is 0 Å². The normalized spacial score (nSPS) is 15.7. The molecule has 2 nitrogen and oxygen atoms in total. The Bertz CT molecular complexity index is 243. The van der Waals surface area contributed by atoms with Gasteiger partial charge in [-0.15, -0.1) is 0 Å². The number of benzene rings is 1. The van der Waals surface area contributed by atoms with Crippen molar-refractivity contribution < 1.29 is 10.2 Å². The Kier molecular flexibility index (Phi) is 3.09. The summed E-state index contributed by atoms with van der Waals surface area (Å²) in [5.41, 5.74) is 0.675. The van der Waals surface area contributed by atoms with Gasteiger partial charge in [-0.3, -0.25) is 0 Å². The lowest BCUT2D eigenvalue weighted by Crippen LogP contribution is -2.13. The lowest BCUT2D eigenvalue weighted by atomic mass is 10.1. The van der Waals surface area contributed by atoms with Gasteiger partial charge in [-0.2, -0.15) is 0 Å². The van der Waals surface area contributed by atoms with Crippen molar-refractivity contribution in [1.82, 2.24) is 0 Å². The maximum absolute atomic E-state index is 9.40. The number of hydrogen-bond acceptors (Lipinski definition) is 2. The first-order valence-corrected chi connectivity index (χ1v) is 4.10. The molecule has 66 valence electrons. The van der Waals surface area contributed by atoms with Crippen molar-refractivity contribution in [3.8, 4) is 0 Å². The highest BCUT2D eigenvalue weighted by atomic mass is 35.5. The van der Waals surface area contributed by atoms with Gasteiger partial charge in [-0.05, 0) is 24.6 Å². The number of aliphatic hydroxyl groups is 2. The van der Waals surface area contributed by atoms with Crippen molar-refractivity contribution in [2.24, 2.45) is 0 Å². The monoisotopic (exact) mass is 186 g/mol. The van der Waals surface area contributed by atoms with E-state index < -0.39 is 12.2 Å². The van der Waals surface area contributed by atoms with Gasteiger partial charge in [-0.1, -0.05) is 23.7 Å². The molecule has 12 heavy (non-hydrogen) atoms. The third-order valence-corrected chi connectivity index (χ3v) is 1.92. The first kappa shape index (κ1) is 9.52. The van der Waals surface area contributed by atoms with Crippen LogP contribution in [0.4, 0.5) is 0 Å². The molecule has 1 rings (SSSR count). The van der Waals surface area contributed by atoms with Crippen molar-refractivity contribution in [3.05, 3.63) is 34.9 Å². The van der Waals surface area contributed by atoms with Gasteiger partial charge in [0.1, 0.15) is 6.10 Å². The van der Waals surface area contributed by atoms with Gasteiger partial charge in [0.25, 0.3) is 0 Å². The summed E-state index contributed by atoms with van der Waals surface area (Å²) in [6.07, 6.45) is -1.59. The summed E-state index contributed by atoms with van der Waals surface area (Å²) in [6, 6.07) is 6.75. The van der Waals surface area contributed by atoms with Gasteiger partial charge < -0.3 is 10.2 Å². The van der Waals surface area contributed by atoms with E-state index in [2.05, 4.69) is 0 Å². The largest absolute Gasteiger partial charge is 0.390 e. The quantitative estimate of drug-likeness (QED) is 0.739. The maximum atomic E-state index is 9.40. The second-order valence-corrected chi connectivity index (χ2v) is 3.17. The Hall–Kier alpha value is -0.570. The summed E-state index contributed by atoms with van der Waals surface area (Å²) in [5, 5.41) is 19.1. The van der Waals surface area contributed by atoms with Crippen LogP contribution >= 0.6 is 11.6 Å². The van der Waals surface area contributed by atoms with Crippen LogP contribution in [0.25, 0.3) is 0 Å². The number of hydrogen-bond donors (Lipinski definition) is 2. The van der Waals surface area contributed by atoms with Crippen LogP contribution in [0.5, 0.6) is 0 Å². The van der Waals surface area contributed by atoms with Crippen LogP contribution in [0.3, 0.4) is 0 Å². The lowest BCUT2D eigenvalue weighted by Gasteiger charge is -2.13. The highest BCUT2D eigenvalue weighted by Gasteiger charge is 2.12. The molecule has 3 heteroatoms. The summed E-state index contributed by atoms with van der Waals surface area (Å²) in [5.74, 6) is 0. The summed E-state index contributed by atoms with van der Waals surface area (Å²) < 4.78 is 0. The number of halogens is 1. The van der Waals surface area contributed by atoms with E-state index in [0.29, 0.717) is 10.6 Å². The molecular formula is C9H11ClO2. The summed E-state index contributed by atoms with van der Waals surface area (Å²) >= 11 is 5.65. The maximum Gasteiger partial charge on any atom is 0.105 e. The molecule has 1 unspecified atom stereocenters. The zero-order valence-corrected chi connectivity index (χ0v) is 7.49. The highest BCUT2D eigenvalue weighted by Crippen LogP contribution is 2.18. The molecule has 0 bridgehead atoms. The van der Waals surface area contributed by atoms with Crippen molar-refractivity contribution in [1.29, 1.82) is 0 Å². The van der Waals surface area contributed by atoms with Crippen molar-refractivity contribution in [3.63, 3.8) is 0 Å². The fourth-order valence-electron chi connectivity index (χ4n) is 0.938. The summed E-state index contributed by atoms with van der Waals surface area (Å²) in [7, 11) is 0. The fourth-order valence-corrected chi connectivity index (χ4v) is 1.06. The van der Waals surface area contributed by atoms with E-state index in [-0.39, 0.29) is 0 Å². The van der Waals surface area contributed by atoms with Gasteiger partial charge in [0.05, 0.1) is 6.10 Å². The van der Waals surface area contributed by atoms with Gasteiger partial charge in [0, 0.05) is 5.02 Å². The molecule has 0 aliphatic carbocycles. The van der Waals surface area contributed by atoms with Gasteiger partial charge >= 0.3 is 0 Å². The third kappa shape index (κ3) is 2.21. The van der Waals surface area contributed by atoms with E-state index >= 15 is 0 Å². The second kappa shape index (κ2) is 3.90. The molecular weight excluding hydrogens is 176 g/mol. The molecule has 0 fully saturated rings. The smallest absolute Gasteiger partial charge is 0.105 e. The van der Waals surface area contributed by atoms with Crippen molar-refractivity contribution >= 4 is 11.6 Å². The van der Waals surface area contributed by atoms with Crippen LogP contribution in [0.1, 0.15) is 18.6 Å². The molecule has 0 aliphatic rings. The minimum Gasteiger partial charge on any atom is -0.390 e. The molecule has 0 spiro atoms. The highest BCUT2D eigenvalue weighted by molar-refractivity contribution is 6.30. The molecule has 0 saturated heterocycles. The van der Waals surface area contributed by atoms with Crippen molar-refractivity contribution in [2.45, 2.75) is 19.1 Å². The molecule has 2 atom stereocenters. The average molecular weight is 187 g/mol. The summed E-state index contributed by atoms with van der Waals surface area (Å²) in [4.78, 5) is 0. The molecule has 0 aromatic heterocycles. The first-order valence-electron chi connectivity index (χ1n) is 3.73. The Morgan fingerprint density at radius 1 is 1.17 bits per heavy atom. The van der Waals surface area contributed by atoms with Crippen LogP contribution < -0.4 is 0 Å². The van der Waals surface area contributed by atoms with E-state index in [1.54, 1.807) is 31.2 Å². The second-order valence-electron chi connectivity index (χ2n) is 2.74. The predicted molar refractivity (Wildman–Crippen MR) is 48.1 cm³/mol. The molecule has 0 aliphatic heterocycles. The van der Waals surface area contributed by atoms with Gasteiger partial charge in [0.15, 0.2) is 0 Å². The Morgan fingerprint density at radius 3 is 2.08 bits per heavy atom. The topological polar surface area (TPSA) is 40.5 Å². The Morgan fingerprint density at radius 2 is 1.67 bits per heavy atom. The van der Waals surface area contributed by atoms with Crippen LogP contribution in [0, 0.1) is 0 Å². The van der Waals surface area contributed by atoms with Crippen LogP contribution in [0.2, 0.25) is 5.02 Å². The Labute approximate surface area is 76.4 Å². The molecule has 1 aromatic carbocycles. The summed E-state index contributed by atoms with van der Waals surface area (Å²) in [6.45, 7) is 1.54. The lowest BCUT2D eigenvalue weighted by molar-refractivity contribution is 0.0305. The number of rotatable bonds is 2. The number of aliphatic hydroxyl groups excluding tert-OH is 2. The van der Waals surface area contributed by atoms with Crippen LogP contribution in [-0.2, 0) is 0 Å². The zero-order chi connectivity index (χ0) is 9.14. The minimum atomic E-state index is -0.831. The van der Waals surface area contributed by atoms with E-state index in [1.165, 1.54) is 0 Å². The van der Waals surface area contributed by atoms with Gasteiger partial charge in [-0.25, -0.2) is 0 Å². The van der Waals surface area contributed by atoms with Crippen LogP contribution in [0.15, 0.2) is 24.3 Å². The standard InChI is InChI=1S/C9H11ClO2/c1-6(11)9(12)7-2-4-8(10)5-3-7/h2-6,9,11-12H,1H3/t6-,9?/m1/s1. The first-order chi connectivity index (χ1) is 5.61. The molecule has 0 radical (unpaired) electrons.